The second kappa shape index (κ2) is 8.34. The van der Waals surface area contributed by atoms with E-state index < -0.39 is 0 Å². The molecular formula is C30H51N. The minimum absolute atomic E-state index is 0.327. The Bertz CT molecular complexity index is 740. The van der Waals surface area contributed by atoms with E-state index >= 15 is 0 Å². The zero-order valence-electron chi connectivity index (χ0n) is 21.8. The summed E-state index contributed by atoms with van der Waals surface area (Å²) in [6.45, 7) is 18.5. The Morgan fingerprint density at radius 1 is 1.00 bits per heavy atom. The molecule has 4 aliphatic rings. The van der Waals surface area contributed by atoms with Crippen molar-refractivity contribution in [3.63, 3.8) is 0 Å². The van der Waals surface area contributed by atoms with Gasteiger partial charge in [0.1, 0.15) is 0 Å². The van der Waals surface area contributed by atoms with Gasteiger partial charge in [-0.3, -0.25) is 0 Å². The van der Waals surface area contributed by atoms with Crippen LogP contribution in [0.2, 0.25) is 0 Å². The van der Waals surface area contributed by atoms with Crippen molar-refractivity contribution in [2.75, 3.05) is 6.54 Å². The monoisotopic (exact) mass is 425 g/mol. The van der Waals surface area contributed by atoms with Crippen LogP contribution in [0.3, 0.4) is 0 Å². The molecule has 1 fully saturated rings. The predicted octanol–water partition coefficient (Wildman–Crippen LogP) is 8.30. The van der Waals surface area contributed by atoms with Crippen LogP contribution in [0.1, 0.15) is 113 Å². The Labute approximate surface area is 193 Å². The van der Waals surface area contributed by atoms with E-state index in [4.69, 9.17) is 5.73 Å². The Kier molecular flexibility index (Phi) is 6.35. The summed E-state index contributed by atoms with van der Waals surface area (Å²) in [4.78, 5) is 0. The molecule has 0 saturated heterocycles. The first kappa shape index (κ1) is 23.6. The van der Waals surface area contributed by atoms with E-state index in [1.807, 2.05) is 5.57 Å². The lowest BCUT2D eigenvalue weighted by molar-refractivity contribution is -0.0365. The average Bonchev–Trinajstić information content (AvgIpc) is 3.04. The van der Waals surface area contributed by atoms with Crippen molar-refractivity contribution >= 4 is 0 Å². The molecule has 0 aliphatic heterocycles. The summed E-state index contributed by atoms with van der Waals surface area (Å²) >= 11 is 0. The highest BCUT2D eigenvalue weighted by Gasteiger charge is 2.58. The molecule has 176 valence electrons. The molecule has 1 nitrogen and oxygen atoms in total. The van der Waals surface area contributed by atoms with Crippen molar-refractivity contribution in [3.05, 3.63) is 22.8 Å². The molecule has 31 heavy (non-hydrogen) atoms. The van der Waals surface area contributed by atoms with Gasteiger partial charge in [0.05, 0.1) is 0 Å². The van der Waals surface area contributed by atoms with Crippen molar-refractivity contribution in [1.82, 2.24) is 0 Å². The minimum atomic E-state index is 0.327. The summed E-state index contributed by atoms with van der Waals surface area (Å²) in [5.41, 5.74) is 13.1. The molecular weight excluding hydrogens is 374 g/mol. The van der Waals surface area contributed by atoms with Gasteiger partial charge in [-0.2, -0.15) is 0 Å². The number of rotatable bonds is 6. The first-order chi connectivity index (χ1) is 14.6. The summed E-state index contributed by atoms with van der Waals surface area (Å²) in [5.74, 6) is 4.01. The zero-order chi connectivity index (χ0) is 22.6. The first-order valence-electron chi connectivity index (χ1n) is 13.7. The molecule has 0 heterocycles. The van der Waals surface area contributed by atoms with Gasteiger partial charge in [-0.15, -0.1) is 0 Å². The van der Waals surface area contributed by atoms with Crippen LogP contribution in [0.15, 0.2) is 22.8 Å². The summed E-state index contributed by atoms with van der Waals surface area (Å²) in [5, 5.41) is 0. The fraction of sp³-hybridized carbons (Fsp3) is 0.867. The predicted molar refractivity (Wildman–Crippen MR) is 135 cm³/mol. The number of hydrogen-bond acceptors (Lipinski definition) is 1. The molecule has 0 radical (unpaired) electrons. The van der Waals surface area contributed by atoms with Crippen LogP contribution in [0.5, 0.6) is 0 Å². The fourth-order valence-corrected chi connectivity index (χ4v) is 9.13. The summed E-state index contributed by atoms with van der Waals surface area (Å²) < 4.78 is 0. The summed E-state index contributed by atoms with van der Waals surface area (Å²) in [7, 11) is 0. The first-order valence-corrected chi connectivity index (χ1v) is 13.7. The molecule has 0 unspecified atom stereocenters. The number of hydrogen-bond donors (Lipinski definition) is 1. The maximum Gasteiger partial charge on any atom is -0.00368 e. The van der Waals surface area contributed by atoms with Crippen LogP contribution >= 0.6 is 0 Å². The van der Waals surface area contributed by atoms with Crippen molar-refractivity contribution in [2.24, 2.45) is 51.6 Å². The summed E-state index contributed by atoms with van der Waals surface area (Å²) in [6.07, 6.45) is 16.3. The lowest BCUT2D eigenvalue weighted by Gasteiger charge is -2.61. The van der Waals surface area contributed by atoms with Gasteiger partial charge in [0.25, 0.3) is 0 Å². The van der Waals surface area contributed by atoms with Gasteiger partial charge in [0, 0.05) is 0 Å². The van der Waals surface area contributed by atoms with Crippen LogP contribution in [0.4, 0.5) is 0 Å². The number of nitrogens with two attached hydrogens (primary N) is 1. The maximum absolute atomic E-state index is 6.43. The Morgan fingerprint density at radius 3 is 2.42 bits per heavy atom. The second-order valence-corrected chi connectivity index (χ2v) is 13.5. The van der Waals surface area contributed by atoms with E-state index in [0.29, 0.717) is 22.2 Å². The van der Waals surface area contributed by atoms with Gasteiger partial charge < -0.3 is 5.73 Å². The molecule has 0 aromatic rings. The molecule has 0 bridgehead atoms. The number of allylic oxidation sites excluding steroid dienone is 4. The fourth-order valence-electron chi connectivity index (χ4n) is 9.13. The topological polar surface area (TPSA) is 26.0 Å². The quantitative estimate of drug-likeness (QED) is 0.455. The van der Waals surface area contributed by atoms with Gasteiger partial charge in [0.2, 0.25) is 0 Å². The van der Waals surface area contributed by atoms with Crippen LogP contribution < -0.4 is 5.73 Å². The van der Waals surface area contributed by atoms with Gasteiger partial charge in [-0.25, -0.2) is 0 Å². The average molecular weight is 426 g/mol. The molecule has 4 aliphatic carbocycles. The lowest BCUT2D eigenvalue weighted by Crippen LogP contribution is -2.53. The Morgan fingerprint density at radius 2 is 1.74 bits per heavy atom. The zero-order valence-corrected chi connectivity index (χ0v) is 21.8. The Hall–Kier alpha value is -0.560. The molecule has 0 amide bonds. The molecule has 0 spiro atoms. The third-order valence-electron chi connectivity index (χ3n) is 11.0. The third kappa shape index (κ3) is 3.70. The van der Waals surface area contributed by atoms with Crippen molar-refractivity contribution in [3.8, 4) is 0 Å². The van der Waals surface area contributed by atoms with Gasteiger partial charge in [0.15, 0.2) is 0 Å². The lowest BCUT2D eigenvalue weighted by atomic mass is 9.44. The largest absolute Gasteiger partial charge is 0.330 e. The van der Waals surface area contributed by atoms with Crippen LogP contribution in [0, 0.1) is 45.8 Å². The van der Waals surface area contributed by atoms with E-state index in [0.717, 1.165) is 30.2 Å². The smallest absolute Gasteiger partial charge is 0.00368 e. The molecule has 0 aromatic carbocycles. The second-order valence-electron chi connectivity index (χ2n) is 13.5. The van der Waals surface area contributed by atoms with E-state index in [1.54, 1.807) is 11.1 Å². The highest BCUT2D eigenvalue weighted by atomic mass is 14.7. The van der Waals surface area contributed by atoms with Crippen molar-refractivity contribution < 1.29 is 0 Å². The van der Waals surface area contributed by atoms with E-state index in [9.17, 15) is 0 Å². The maximum atomic E-state index is 6.43. The van der Waals surface area contributed by atoms with Crippen molar-refractivity contribution in [1.29, 1.82) is 0 Å². The van der Waals surface area contributed by atoms with E-state index in [-0.39, 0.29) is 0 Å². The van der Waals surface area contributed by atoms with Gasteiger partial charge >= 0.3 is 0 Å². The van der Waals surface area contributed by atoms with Crippen molar-refractivity contribution in [2.45, 2.75) is 113 Å². The molecule has 1 saturated carbocycles. The minimum Gasteiger partial charge on any atom is -0.330 e. The van der Waals surface area contributed by atoms with E-state index in [2.05, 4.69) is 54.5 Å². The van der Waals surface area contributed by atoms with E-state index in [1.165, 1.54) is 64.2 Å². The highest BCUT2D eigenvalue weighted by Crippen LogP contribution is 2.67. The van der Waals surface area contributed by atoms with Crippen LogP contribution in [-0.2, 0) is 0 Å². The van der Waals surface area contributed by atoms with Crippen LogP contribution in [0.25, 0.3) is 0 Å². The third-order valence-corrected chi connectivity index (χ3v) is 11.0. The van der Waals surface area contributed by atoms with Crippen LogP contribution in [-0.4, -0.2) is 6.54 Å². The Balaban J connectivity index is 1.62. The van der Waals surface area contributed by atoms with Gasteiger partial charge in [-0.05, 0) is 108 Å². The molecule has 6 atom stereocenters. The summed E-state index contributed by atoms with van der Waals surface area (Å²) in [6, 6.07) is 0. The van der Waals surface area contributed by atoms with Gasteiger partial charge in [-0.1, -0.05) is 79.4 Å². The molecule has 4 rings (SSSR count). The number of fused-ring (bicyclic) bond motifs is 4. The normalized spacial score (nSPS) is 40.3. The molecule has 2 N–H and O–H groups in total. The molecule has 1 heteroatoms. The molecule has 0 aromatic heterocycles. The highest BCUT2D eigenvalue weighted by molar-refractivity contribution is 5.50. The SMILES string of the molecule is CC(C)CCC[C@@H](C)[C@H]1CC=C2C3=C(CC[C@@]21C)[C@@]1(C)[C@@H](CN)CCC(C)(C)[C@@H]1CC3. The standard InChI is InChI=1S/C30H51N/c1-20(2)9-8-10-21(3)24-12-13-25-23-11-14-27-28(4,5)17-15-22(19-31)30(27,7)26(23)16-18-29(24,25)6/h13,20-22,24,27H,8-12,14-19,31H2,1-7H3/t21-,22-,24-,27+,29-,30-/m1/s1.